The fourth-order valence-electron chi connectivity index (χ4n) is 5.31. The van der Waals surface area contributed by atoms with Crippen molar-refractivity contribution in [3.8, 4) is 0 Å². The number of nitrogens with one attached hydrogen (secondary N) is 1. The van der Waals surface area contributed by atoms with Crippen molar-refractivity contribution in [2.75, 3.05) is 26.9 Å². The van der Waals surface area contributed by atoms with Crippen LogP contribution in [0.4, 0.5) is 0 Å². The van der Waals surface area contributed by atoms with Crippen LogP contribution in [0, 0.1) is 0 Å². The van der Waals surface area contributed by atoms with Crippen molar-refractivity contribution in [3.05, 3.63) is 75.2 Å². The lowest BCUT2D eigenvalue weighted by atomic mass is 9.99. The molecule has 2 aliphatic rings. The Balaban J connectivity index is 0.00000267. The zero-order valence-electron chi connectivity index (χ0n) is 19.6. The fourth-order valence-corrected chi connectivity index (χ4v) is 5.31. The van der Waals surface area contributed by atoms with Gasteiger partial charge in [0.1, 0.15) is 11.3 Å². The zero-order valence-corrected chi connectivity index (χ0v) is 19.6. The van der Waals surface area contributed by atoms with E-state index in [9.17, 15) is 9.59 Å². The molecule has 0 atom stereocenters. The van der Waals surface area contributed by atoms with Crippen LogP contribution in [0.25, 0.3) is 16.6 Å². The molecule has 1 fully saturated rings. The molecule has 6 rings (SSSR count). The van der Waals surface area contributed by atoms with Gasteiger partial charge in [0.15, 0.2) is 0 Å². The van der Waals surface area contributed by atoms with Gasteiger partial charge in [-0.15, -0.1) is 0 Å². The van der Waals surface area contributed by atoms with Crippen LogP contribution in [0.15, 0.2) is 41.5 Å². The molecule has 1 aromatic carbocycles. The summed E-state index contributed by atoms with van der Waals surface area (Å²) in [4.78, 5) is 40.5. The summed E-state index contributed by atoms with van der Waals surface area (Å²) in [6, 6.07) is 7.66. The first-order valence-electron chi connectivity index (χ1n) is 12.0. The van der Waals surface area contributed by atoms with Gasteiger partial charge in [-0.1, -0.05) is 13.5 Å². The summed E-state index contributed by atoms with van der Waals surface area (Å²) in [6.07, 6.45) is 5.87. The van der Waals surface area contributed by atoms with E-state index < -0.39 is 0 Å². The van der Waals surface area contributed by atoms with Gasteiger partial charge in [0.2, 0.25) is 0 Å². The van der Waals surface area contributed by atoms with E-state index in [1.807, 2.05) is 27.5 Å². The van der Waals surface area contributed by atoms with Gasteiger partial charge >= 0.3 is 0 Å². The van der Waals surface area contributed by atoms with Crippen LogP contribution in [-0.2, 0) is 29.0 Å². The molecule has 5 heterocycles. The minimum Gasteiger partial charge on any atom is -0.381 e. The normalized spacial score (nSPS) is 16.2. The number of rotatable bonds is 4. The second kappa shape index (κ2) is 9.83. The van der Waals surface area contributed by atoms with E-state index in [1.54, 1.807) is 25.6 Å². The Hall–Kier alpha value is -3.56. The van der Waals surface area contributed by atoms with Crippen molar-refractivity contribution in [1.82, 2.24) is 24.3 Å². The SMILES string of the molecule is C.COCc1cc2c(cc1C(=O)N1CCc3ncccc3C1)[nH]c(=O)c1cnc(C3CCOCC3)n12. The second-order valence-corrected chi connectivity index (χ2v) is 9.22. The molecule has 9 nitrogen and oxygen atoms in total. The minimum absolute atomic E-state index is 0. The molecule has 36 heavy (non-hydrogen) atoms. The Bertz CT molecular complexity index is 1490. The number of fused-ring (bicyclic) bond motifs is 4. The van der Waals surface area contributed by atoms with Crippen LogP contribution < -0.4 is 5.56 Å². The summed E-state index contributed by atoms with van der Waals surface area (Å²) in [6.45, 7) is 2.76. The van der Waals surface area contributed by atoms with Crippen molar-refractivity contribution in [3.63, 3.8) is 0 Å². The van der Waals surface area contributed by atoms with Crippen molar-refractivity contribution >= 4 is 22.5 Å². The number of hydrogen-bond donors (Lipinski definition) is 1. The molecule has 0 radical (unpaired) electrons. The third-order valence-electron chi connectivity index (χ3n) is 7.10. The molecule has 0 spiro atoms. The zero-order chi connectivity index (χ0) is 23.9. The molecule has 2 aliphatic heterocycles. The number of carbonyl (C=O) groups is 1. The summed E-state index contributed by atoms with van der Waals surface area (Å²) in [7, 11) is 1.62. The average molecular weight is 490 g/mol. The quantitative estimate of drug-likeness (QED) is 0.471. The first-order valence-corrected chi connectivity index (χ1v) is 12.0. The number of H-pyrrole nitrogens is 1. The number of benzene rings is 1. The Morgan fingerprint density at radius 3 is 2.86 bits per heavy atom. The van der Waals surface area contributed by atoms with Gasteiger partial charge in [-0.2, -0.15) is 0 Å². The molecule has 0 saturated carbocycles. The maximum atomic E-state index is 13.7. The number of nitrogens with zero attached hydrogens (tertiary/aromatic N) is 4. The molecule has 4 aromatic rings. The smallest absolute Gasteiger partial charge is 0.274 e. The number of methoxy groups -OCH3 is 1. The topological polar surface area (TPSA) is 102 Å². The number of carbonyl (C=O) groups excluding carboxylic acids is 1. The lowest BCUT2D eigenvalue weighted by Crippen LogP contribution is -2.36. The summed E-state index contributed by atoms with van der Waals surface area (Å²) >= 11 is 0. The average Bonchev–Trinajstić information content (AvgIpc) is 3.35. The van der Waals surface area contributed by atoms with E-state index in [4.69, 9.17) is 9.47 Å². The maximum absolute atomic E-state index is 13.7. The second-order valence-electron chi connectivity index (χ2n) is 9.22. The molecule has 1 amide bonds. The Morgan fingerprint density at radius 2 is 2.06 bits per heavy atom. The van der Waals surface area contributed by atoms with Gasteiger partial charge in [-0.3, -0.25) is 19.0 Å². The summed E-state index contributed by atoms with van der Waals surface area (Å²) in [5.74, 6) is 0.997. The summed E-state index contributed by atoms with van der Waals surface area (Å²) in [5.41, 5.74) is 5.12. The van der Waals surface area contributed by atoms with E-state index in [2.05, 4.69) is 15.0 Å². The molecule has 1 N–H and O–H groups in total. The van der Waals surface area contributed by atoms with Gasteiger partial charge in [-0.25, -0.2) is 4.98 Å². The lowest BCUT2D eigenvalue weighted by molar-refractivity contribution is 0.0728. The number of aromatic amines is 1. The van der Waals surface area contributed by atoms with Crippen LogP contribution in [0.1, 0.15) is 59.2 Å². The highest BCUT2D eigenvalue weighted by Gasteiger charge is 2.26. The monoisotopic (exact) mass is 489 g/mol. The number of aromatic nitrogens is 4. The molecule has 0 bridgehead atoms. The molecular formula is C27H31N5O4. The molecule has 188 valence electrons. The Labute approximate surface area is 209 Å². The van der Waals surface area contributed by atoms with Gasteiger partial charge in [0, 0.05) is 63.2 Å². The highest BCUT2D eigenvalue weighted by molar-refractivity contribution is 5.99. The number of pyridine rings is 1. The van der Waals surface area contributed by atoms with Crippen molar-refractivity contribution in [2.24, 2.45) is 0 Å². The molecule has 9 heteroatoms. The number of imidazole rings is 1. The first kappa shape index (κ1) is 24.1. The Kier molecular flexibility index (Phi) is 6.59. The molecular weight excluding hydrogens is 458 g/mol. The third kappa shape index (κ3) is 4.08. The van der Waals surface area contributed by atoms with E-state index in [1.165, 1.54) is 0 Å². The van der Waals surface area contributed by atoms with Crippen LogP contribution in [0.5, 0.6) is 0 Å². The number of ether oxygens (including phenoxy) is 2. The maximum Gasteiger partial charge on any atom is 0.274 e. The van der Waals surface area contributed by atoms with Gasteiger partial charge < -0.3 is 19.4 Å². The van der Waals surface area contributed by atoms with E-state index in [0.717, 1.165) is 47.4 Å². The Morgan fingerprint density at radius 1 is 1.22 bits per heavy atom. The van der Waals surface area contributed by atoms with Gasteiger partial charge in [0.25, 0.3) is 11.5 Å². The highest BCUT2D eigenvalue weighted by Crippen LogP contribution is 2.30. The van der Waals surface area contributed by atoms with Crippen LogP contribution >= 0.6 is 0 Å². The number of amides is 1. The third-order valence-corrected chi connectivity index (χ3v) is 7.10. The van der Waals surface area contributed by atoms with E-state index >= 15 is 0 Å². The van der Waals surface area contributed by atoms with E-state index in [-0.39, 0.29) is 31.4 Å². The fraction of sp³-hybridized carbons (Fsp3) is 0.407. The predicted molar refractivity (Wildman–Crippen MR) is 136 cm³/mol. The van der Waals surface area contributed by atoms with Crippen molar-refractivity contribution in [1.29, 1.82) is 0 Å². The minimum atomic E-state index is -0.223. The van der Waals surface area contributed by atoms with Gasteiger partial charge in [0.05, 0.1) is 23.8 Å². The summed E-state index contributed by atoms with van der Waals surface area (Å²) in [5, 5.41) is 0. The van der Waals surface area contributed by atoms with Crippen molar-refractivity contribution in [2.45, 2.75) is 45.8 Å². The van der Waals surface area contributed by atoms with Crippen LogP contribution in [0.2, 0.25) is 0 Å². The highest BCUT2D eigenvalue weighted by atomic mass is 16.5. The molecule has 1 saturated heterocycles. The van der Waals surface area contributed by atoms with E-state index in [0.29, 0.717) is 42.9 Å². The summed E-state index contributed by atoms with van der Waals surface area (Å²) < 4.78 is 13.0. The standard InChI is InChI=1S/C26H27N5O4.CH4/c1-34-15-18-11-22-21(12-19(18)26(33)30-8-4-20-17(14-30)3-2-7-27-20)29-25(32)23-13-28-24(31(22)23)16-5-9-35-10-6-16;/h2-3,7,11-13,16H,4-6,8-10,14-15H2,1H3,(H,29,32);1H4. The molecule has 0 aliphatic carbocycles. The predicted octanol–water partition coefficient (Wildman–Crippen LogP) is 3.45. The lowest BCUT2D eigenvalue weighted by Gasteiger charge is -2.29. The first-order chi connectivity index (χ1) is 17.1. The number of hydrogen-bond acceptors (Lipinski definition) is 6. The van der Waals surface area contributed by atoms with Crippen molar-refractivity contribution < 1.29 is 14.3 Å². The molecule has 3 aromatic heterocycles. The van der Waals surface area contributed by atoms with Gasteiger partial charge in [-0.05, 0) is 42.2 Å². The van der Waals surface area contributed by atoms with Crippen LogP contribution in [0.3, 0.4) is 0 Å². The molecule has 0 unspecified atom stereocenters. The van der Waals surface area contributed by atoms with Crippen LogP contribution in [-0.4, -0.2) is 57.0 Å². The largest absolute Gasteiger partial charge is 0.381 e.